The van der Waals surface area contributed by atoms with Gasteiger partial charge in [-0.05, 0) is 36.1 Å². The smallest absolute Gasteiger partial charge is 0.279 e. The summed E-state index contributed by atoms with van der Waals surface area (Å²) >= 11 is 1.31. The predicted octanol–water partition coefficient (Wildman–Crippen LogP) is 2.29. The van der Waals surface area contributed by atoms with Crippen LogP contribution in [0.15, 0.2) is 41.8 Å². The molecule has 0 aliphatic heterocycles. The molecule has 0 aliphatic carbocycles. The molecule has 5 nitrogen and oxygen atoms in total. The van der Waals surface area contributed by atoms with E-state index in [4.69, 9.17) is 4.74 Å². The summed E-state index contributed by atoms with van der Waals surface area (Å²) in [6, 6.07) is 11.1. The average Bonchev–Trinajstić information content (AvgIpc) is 2.99. The van der Waals surface area contributed by atoms with Crippen molar-refractivity contribution < 1.29 is 14.3 Å². The van der Waals surface area contributed by atoms with Crippen molar-refractivity contribution in [2.24, 2.45) is 0 Å². The van der Waals surface area contributed by atoms with Crippen LogP contribution in [0.4, 0.5) is 0 Å². The summed E-state index contributed by atoms with van der Waals surface area (Å²) in [4.78, 5) is 23.7. The first-order valence-corrected chi connectivity index (χ1v) is 7.35. The van der Waals surface area contributed by atoms with Crippen molar-refractivity contribution in [2.45, 2.75) is 13.3 Å². The third-order valence-corrected chi connectivity index (χ3v) is 3.52. The highest BCUT2D eigenvalue weighted by Gasteiger charge is 2.08. The molecule has 0 saturated carbocycles. The molecule has 2 aromatic rings. The van der Waals surface area contributed by atoms with Gasteiger partial charge < -0.3 is 4.74 Å². The Bertz CT molecular complexity index is 611. The third-order valence-electron chi connectivity index (χ3n) is 2.65. The molecule has 0 saturated heterocycles. The summed E-state index contributed by atoms with van der Waals surface area (Å²) in [6.45, 7) is 2.23. The number of hydrazine groups is 1. The number of carbonyl (C=O) groups excluding carboxylic acids is 2. The number of ether oxygens (including phenoxy) is 1. The van der Waals surface area contributed by atoms with Gasteiger partial charge in [0.05, 0.1) is 17.9 Å². The summed E-state index contributed by atoms with van der Waals surface area (Å²) in [6.07, 6.45) is 0.165. The molecule has 21 heavy (non-hydrogen) atoms. The van der Waals surface area contributed by atoms with Crippen molar-refractivity contribution in [2.75, 3.05) is 6.61 Å². The van der Waals surface area contributed by atoms with Gasteiger partial charge in [0, 0.05) is 0 Å². The second-order valence-corrected chi connectivity index (χ2v) is 5.34. The molecule has 0 fully saturated rings. The van der Waals surface area contributed by atoms with Crippen molar-refractivity contribution in [3.63, 3.8) is 0 Å². The van der Waals surface area contributed by atoms with Crippen LogP contribution in [-0.4, -0.2) is 18.4 Å². The number of hydrogen-bond acceptors (Lipinski definition) is 4. The fraction of sp³-hybridized carbons (Fsp3) is 0.200. The largest absolute Gasteiger partial charge is 0.493 e. The molecule has 1 heterocycles. The molecule has 1 aromatic heterocycles. The van der Waals surface area contributed by atoms with Crippen LogP contribution in [-0.2, 0) is 4.79 Å². The lowest BCUT2D eigenvalue weighted by molar-refractivity contribution is -0.122. The van der Waals surface area contributed by atoms with Gasteiger partial charge in [-0.2, -0.15) is 0 Å². The van der Waals surface area contributed by atoms with Crippen molar-refractivity contribution in [3.8, 4) is 5.75 Å². The summed E-state index contributed by atoms with van der Waals surface area (Å²) in [7, 11) is 0. The molecule has 0 aliphatic rings. The zero-order valence-corrected chi connectivity index (χ0v) is 12.4. The first kappa shape index (κ1) is 15.1. The summed E-state index contributed by atoms with van der Waals surface area (Å²) in [5, 5.41) is 1.80. The van der Waals surface area contributed by atoms with Crippen molar-refractivity contribution in [3.05, 3.63) is 52.2 Å². The molecule has 1 aromatic carbocycles. The minimum Gasteiger partial charge on any atom is -0.493 e. The SMILES string of the molecule is Cc1cccc(OCCC(=O)NNC(=O)c2cccs2)c1. The number of rotatable bonds is 5. The second kappa shape index (κ2) is 7.44. The molecule has 0 spiro atoms. The zero-order chi connectivity index (χ0) is 15.1. The minimum atomic E-state index is -0.321. The Morgan fingerprint density at radius 1 is 1.19 bits per heavy atom. The van der Waals surface area contributed by atoms with Gasteiger partial charge in [-0.3, -0.25) is 20.4 Å². The highest BCUT2D eigenvalue weighted by atomic mass is 32.1. The van der Waals surface area contributed by atoms with Crippen LogP contribution in [0.25, 0.3) is 0 Å². The van der Waals surface area contributed by atoms with E-state index < -0.39 is 0 Å². The van der Waals surface area contributed by atoms with Gasteiger partial charge >= 0.3 is 0 Å². The molecule has 2 amide bonds. The zero-order valence-electron chi connectivity index (χ0n) is 11.6. The second-order valence-electron chi connectivity index (χ2n) is 4.39. The van der Waals surface area contributed by atoms with Gasteiger partial charge in [0.15, 0.2) is 0 Å². The van der Waals surface area contributed by atoms with Crippen molar-refractivity contribution >= 4 is 23.2 Å². The Balaban J connectivity index is 1.67. The number of aryl methyl sites for hydroxylation is 1. The van der Waals surface area contributed by atoms with E-state index in [1.165, 1.54) is 11.3 Å². The first-order chi connectivity index (χ1) is 10.1. The average molecular weight is 304 g/mol. The quantitative estimate of drug-likeness (QED) is 0.833. The molecular weight excluding hydrogens is 288 g/mol. The number of thiophene rings is 1. The molecule has 2 N–H and O–H groups in total. The summed E-state index contributed by atoms with van der Waals surface area (Å²) in [5.41, 5.74) is 5.81. The normalized spacial score (nSPS) is 9.95. The number of nitrogens with one attached hydrogen (secondary N) is 2. The molecule has 0 unspecified atom stereocenters. The lowest BCUT2D eigenvalue weighted by Crippen LogP contribution is -2.41. The molecule has 0 atom stereocenters. The Hall–Kier alpha value is -2.34. The number of hydrogen-bond donors (Lipinski definition) is 2. The Morgan fingerprint density at radius 2 is 2.05 bits per heavy atom. The Labute approximate surface area is 126 Å². The minimum absolute atomic E-state index is 0.165. The Kier molecular flexibility index (Phi) is 5.34. The predicted molar refractivity (Wildman–Crippen MR) is 81.2 cm³/mol. The van der Waals surface area contributed by atoms with Gasteiger partial charge in [0.25, 0.3) is 5.91 Å². The third kappa shape index (κ3) is 4.92. The van der Waals surface area contributed by atoms with Gasteiger partial charge in [-0.15, -0.1) is 11.3 Å². The molecule has 0 bridgehead atoms. The monoisotopic (exact) mass is 304 g/mol. The number of benzene rings is 1. The van der Waals surface area contributed by atoms with E-state index in [0.717, 1.165) is 11.3 Å². The first-order valence-electron chi connectivity index (χ1n) is 6.47. The molecule has 0 radical (unpaired) electrons. The van der Waals surface area contributed by atoms with E-state index in [0.29, 0.717) is 4.88 Å². The summed E-state index contributed by atoms with van der Waals surface area (Å²) < 4.78 is 5.47. The van der Waals surface area contributed by atoms with E-state index in [1.54, 1.807) is 17.5 Å². The molecule has 110 valence electrons. The van der Waals surface area contributed by atoms with Gasteiger partial charge in [-0.1, -0.05) is 18.2 Å². The van der Waals surface area contributed by atoms with Gasteiger partial charge in [-0.25, -0.2) is 0 Å². The van der Waals surface area contributed by atoms with Crippen LogP contribution in [0.1, 0.15) is 21.7 Å². The van der Waals surface area contributed by atoms with Crippen LogP contribution in [0.3, 0.4) is 0 Å². The van der Waals surface area contributed by atoms with Gasteiger partial charge in [0.2, 0.25) is 5.91 Å². The van der Waals surface area contributed by atoms with E-state index in [2.05, 4.69) is 10.9 Å². The van der Waals surface area contributed by atoms with Crippen LogP contribution in [0.2, 0.25) is 0 Å². The number of carbonyl (C=O) groups is 2. The van der Waals surface area contributed by atoms with E-state index in [1.807, 2.05) is 31.2 Å². The van der Waals surface area contributed by atoms with Crippen molar-refractivity contribution in [1.82, 2.24) is 10.9 Å². The van der Waals surface area contributed by atoms with Gasteiger partial charge in [0.1, 0.15) is 5.75 Å². The van der Waals surface area contributed by atoms with Crippen LogP contribution < -0.4 is 15.6 Å². The highest BCUT2D eigenvalue weighted by molar-refractivity contribution is 7.12. The molecule has 2 rings (SSSR count). The van der Waals surface area contributed by atoms with E-state index in [-0.39, 0.29) is 24.8 Å². The highest BCUT2D eigenvalue weighted by Crippen LogP contribution is 2.12. The maximum Gasteiger partial charge on any atom is 0.279 e. The topological polar surface area (TPSA) is 67.4 Å². The lowest BCUT2D eigenvalue weighted by Gasteiger charge is -2.08. The standard InChI is InChI=1S/C15H16N2O3S/c1-11-4-2-5-12(10-11)20-8-7-14(18)16-17-15(19)13-6-3-9-21-13/h2-6,9-10H,7-8H2,1H3,(H,16,18)(H,17,19). The van der Waals surface area contributed by atoms with Crippen LogP contribution in [0.5, 0.6) is 5.75 Å². The van der Waals surface area contributed by atoms with Crippen molar-refractivity contribution in [1.29, 1.82) is 0 Å². The Morgan fingerprint density at radius 3 is 2.76 bits per heavy atom. The summed E-state index contributed by atoms with van der Waals surface area (Å²) in [5.74, 6) is 0.107. The molecule has 6 heteroatoms. The number of amides is 2. The fourth-order valence-corrected chi connectivity index (χ4v) is 2.24. The molecular formula is C15H16N2O3S. The lowest BCUT2D eigenvalue weighted by atomic mass is 10.2. The maximum absolute atomic E-state index is 11.6. The maximum atomic E-state index is 11.6. The van der Waals surface area contributed by atoms with E-state index in [9.17, 15) is 9.59 Å². The van der Waals surface area contributed by atoms with Crippen LogP contribution in [0, 0.1) is 6.92 Å². The van der Waals surface area contributed by atoms with E-state index >= 15 is 0 Å². The van der Waals surface area contributed by atoms with Crippen LogP contribution >= 0.6 is 11.3 Å². The fourth-order valence-electron chi connectivity index (χ4n) is 1.63.